The Morgan fingerprint density at radius 1 is 1.39 bits per heavy atom. The van der Waals surface area contributed by atoms with Crippen LogP contribution >= 0.6 is 12.2 Å². The summed E-state index contributed by atoms with van der Waals surface area (Å²) >= 11 is 5.43. The Bertz CT molecular complexity index is 680. The number of aliphatic imine (C=N–C) groups is 1. The second kappa shape index (κ2) is 5.91. The van der Waals surface area contributed by atoms with Crippen LogP contribution in [0.3, 0.4) is 0 Å². The molecule has 1 atom stereocenters. The van der Waals surface area contributed by atoms with Crippen molar-refractivity contribution in [1.29, 1.82) is 5.26 Å². The summed E-state index contributed by atoms with van der Waals surface area (Å²) in [5.74, 6) is 0.820. The summed E-state index contributed by atoms with van der Waals surface area (Å²) in [5.41, 5.74) is 0.284. The molecule has 2 heterocycles. The van der Waals surface area contributed by atoms with E-state index in [1.165, 1.54) is 0 Å². The number of amidine groups is 1. The van der Waals surface area contributed by atoms with Gasteiger partial charge in [-0.25, -0.2) is 4.99 Å². The van der Waals surface area contributed by atoms with Crippen LogP contribution in [0.15, 0.2) is 35.3 Å². The highest BCUT2D eigenvalue weighted by molar-refractivity contribution is 7.80. The first kappa shape index (κ1) is 15.9. The number of benzene rings is 1. The smallest absolute Gasteiger partial charge is 0.198 e. The summed E-state index contributed by atoms with van der Waals surface area (Å²) in [6.45, 7) is 4.99. The van der Waals surface area contributed by atoms with Crippen LogP contribution in [0, 0.1) is 11.3 Å². The summed E-state index contributed by atoms with van der Waals surface area (Å²) < 4.78 is 5.88. The van der Waals surface area contributed by atoms with Gasteiger partial charge in [0.15, 0.2) is 5.11 Å². The van der Waals surface area contributed by atoms with E-state index < -0.39 is 5.54 Å². The fourth-order valence-electron chi connectivity index (χ4n) is 3.44. The molecule has 5 nitrogen and oxygen atoms in total. The van der Waals surface area contributed by atoms with Gasteiger partial charge in [0.1, 0.15) is 17.9 Å². The van der Waals surface area contributed by atoms with Gasteiger partial charge in [-0.3, -0.25) is 0 Å². The highest BCUT2D eigenvalue weighted by atomic mass is 32.1. The number of ether oxygens (including phenoxy) is 1. The van der Waals surface area contributed by atoms with Crippen molar-refractivity contribution in [2.75, 3.05) is 18.5 Å². The molecule has 0 amide bonds. The zero-order valence-corrected chi connectivity index (χ0v) is 14.2. The summed E-state index contributed by atoms with van der Waals surface area (Å²) in [5, 5.41) is 13.1. The lowest BCUT2D eigenvalue weighted by molar-refractivity contribution is -0.0857. The molecule has 0 aromatic heterocycles. The molecule has 3 rings (SSSR count). The molecule has 1 unspecified atom stereocenters. The fourth-order valence-corrected chi connectivity index (χ4v) is 3.77. The molecule has 1 fully saturated rings. The molecule has 0 saturated carbocycles. The quantitative estimate of drug-likeness (QED) is 0.668. The van der Waals surface area contributed by atoms with Gasteiger partial charge in [-0.1, -0.05) is 18.2 Å². The van der Waals surface area contributed by atoms with Gasteiger partial charge in [0.25, 0.3) is 0 Å². The lowest BCUT2D eigenvalue weighted by Gasteiger charge is -2.47. The molecule has 0 bridgehead atoms. The van der Waals surface area contributed by atoms with E-state index in [1.54, 1.807) is 0 Å². The van der Waals surface area contributed by atoms with E-state index in [0.717, 1.165) is 24.4 Å². The second-order valence-corrected chi connectivity index (χ2v) is 6.91. The molecule has 1 N–H and O–H groups in total. The number of para-hydroxylation sites is 1. The van der Waals surface area contributed by atoms with Crippen LogP contribution in [0.25, 0.3) is 0 Å². The predicted molar refractivity (Wildman–Crippen MR) is 94.4 cm³/mol. The minimum atomic E-state index is -0.398. The van der Waals surface area contributed by atoms with Gasteiger partial charge in [-0.2, -0.15) is 5.26 Å². The van der Waals surface area contributed by atoms with E-state index in [0.29, 0.717) is 11.7 Å². The number of hydrogen-bond donors (Lipinski definition) is 1. The van der Waals surface area contributed by atoms with E-state index in [2.05, 4.69) is 30.2 Å². The number of nitrogens with zero attached hydrogens (tertiary/aromatic N) is 3. The Labute approximate surface area is 142 Å². The molecule has 1 aromatic carbocycles. The first-order valence-electron chi connectivity index (χ1n) is 7.71. The largest absolute Gasteiger partial charge is 0.375 e. The molecule has 0 radical (unpaired) electrons. The summed E-state index contributed by atoms with van der Waals surface area (Å²) in [4.78, 5) is 6.52. The van der Waals surface area contributed by atoms with Crippen LogP contribution in [-0.2, 0) is 4.74 Å². The lowest BCUT2D eigenvalue weighted by atomic mass is 9.79. The van der Waals surface area contributed by atoms with Crippen LogP contribution in [0.5, 0.6) is 0 Å². The van der Waals surface area contributed by atoms with Crippen molar-refractivity contribution in [1.82, 2.24) is 4.90 Å². The Balaban J connectivity index is 1.97. The van der Waals surface area contributed by atoms with Crippen LogP contribution in [-0.4, -0.2) is 40.1 Å². The predicted octanol–water partition coefficient (Wildman–Crippen LogP) is 2.95. The van der Waals surface area contributed by atoms with E-state index in [1.807, 2.05) is 35.2 Å². The number of nitriles is 1. The van der Waals surface area contributed by atoms with Gasteiger partial charge >= 0.3 is 0 Å². The number of hydrogen-bond acceptors (Lipinski definition) is 4. The molecule has 1 aromatic rings. The molecule has 2 aliphatic heterocycles. The molecule has 1 saturated heterocycles. The zero-order chi connectivity index (χ0) is 16.5. The molecule has 6 heteroatoms. The Morgan fingerprint density at radius 3 is 2.78 bits per heavy atom. The van der Waals surface area contributed by atoms with Gasteiger partial charge in [0, 0.05) is 25.1 Å². The average Bonchev–Trinajstić information content (AvgIpc) is 2.73. The van der Waals surface area contributed by atoms with Crippen molar-refractivity contribution in [3.63, 3.8) is 0 Å². The van der Waals surface area contributed by atoms with Gasteiger partial charge in [-0.15, -0.1) is 0 Å². The van der Waals surface area contributed by atoms with Gasteiger partial charge in [-0.05, 0) is 38.2 Å². The third kappa shape index (κ3) is 2.94. The summed E-state index contributed by atoms with van der Waals surface area (Å²) in [6, 6.07) is 12.1. The standard InChI is InChI=1S/C17H20N4OS/c1-16(2)12-17(8-11-22-16)14(19-13-6-4-3-5-7-13)20-15(23)21(17)10-9-18/h3-7H,8,10-12H2,1-2H3,(H,19,20,23). The number of rotatable bonds is 2. The van der Waals surface area contributed by atoms with E-state index in [4.69, 9.17) is 17.0 Å². The highest BCUT2D eigenvalue weighted by Gasteiger charge is 2.53. The third-order valence-corrected chi connectivity index (χ3v) is 4.70. The maximum atomic E-state index is 9.21. The van der Waals surface area contributed by atoms with Crippen molar-refractivity contribution in [2.45, 2.75) is 37.8 Å². The first-order chi connectivity index (χ1) is 11.0. The molecular formula is C17H20N4OS. The number of anilines is 1. The van der Waals surface area contributed by atoms with Crippen molar-refractivity contribution in [3.05, 3.63) is 30.3 Å². The van der Waals surface area contributed by atoms with Crippen molar-refractivity contribution in [3.8, 4) is 6.07 Å². The van der Waals surface area contributed by atoms with Gasteiger partial charge in [0.05, 0.1) is 11.7 Å². The SMILES string of the molecule is CC1(C)CC2(CCO1)C(Nc1ccccc1)=NC(=S)N2CC#N. The maximum absolute atomic E-state index is 9.21. The number of nitrogens with one attached hydrogen (secondary N) is 1. The molecule has 0 aliphatic carbocycles. The molecular weight excluding hydrogens is 308 g/mol. The zero-order valence-electron chi connectivity index (χ0n) is 13.4. The van der Waals surface area contributed by atoms with E-state index in [-0.39, 0.29) is 12.1 Å². The number of thiocarbonyl (C=S) groups is 1. The fraction of sp³-hybridized carbons (Fsp3) is 0.471. The monoisotopic (exact) mass is 328 g/mol. The summed E-state index contributed by atoms with van der Waals surface area (Å²) in [7, 11) is 0. The van der Waals surface area contributed by atoms with Gasteiger partial charge in [0.2, 0.25) is 0 Å². The minimum absolute atomic E-state index is 0.235. The second-order valence-electron chi connectivity index (χ2n) is 6.54. The Morgan fingerprint density at radius 2 is 2.13 bits per heavy atom. The summed E-state index contributed by atoms with van der Waals surface area (Å²) in [6.07, 6.45) is 1.50. The van der Waals surface area contributed by atoms with Crippen LogP contribution < -0.4 is 5.32 Å². The first-order valence-corrected chi connectivity index (χ1v) is 8.11. The Hall–Kier alpha value is -1.97. The van der Waals surface area contributed by atoms with E-state index in [9.17, 15) is 5.26 Å². The minimum Gasteiger partial charge on any atom is -0.375 e. The average molecular weight is 328 g/mol. The van der Waals surface area contributed by atoms with Gasteiger partial charge < -0.3 is 15.0 Å². The third-order valence-electron chi connectivity index (χ3n) is 4.39. The normalized spacial score (nSPS) is 26.0. The molecule has 2 aliphatic rings. The van der Waals surface area contributed by atoms with Crippen LogP contribution in [0.4, 0.5) is 5.69 Å². The van der Waals surface area contributed by atoms with Crippen LogP contribution in [0.1, 0.15) is 26.7 Å². The molecule has 120 valence electrons. The molecule has 23 heavy (non-hydrogen) atoms. The van der Waals surface area contributed by atoms with Crippen LogP contribution in [0.2, 0.25) is 0 Å². The van der Waals surface area contributed by atoms with E-state index >= 15 is 0 Å². The lowest BCUT2D eigenvalue weighted by Crippen LogP contribution is -2.60. The maximum Gasteiger partial charge on any atom is 0.198 e. The highest BCUT2D eigenvalue weighted by Crippen LogP contribution is 2.41. The van der Waals surface area contributed by atoms with Crippen molar-refractivity contribution < 1.29 is 4.74 Å². The van der Waals surface area contributed by atoms with Crippen molar-refractivity contribution in [2.24, 2.45) is 4.99 Å². The Kier molecular flexibility index (Phi) is 4.09. The molecule has 1 spiro atoms. The van der Waals surface area contributed by atoms with Crippen molar-refractivity contribution >= 4 is 28.9 Å². The topological polar surface area (TPSA) is 60.6 Å².